The second-order valence-electron chi connectivity index (χ2n) is 4.14. The van der Waals surface area contributed by atoms with E-state index >= 15 is 0 Å². The molecule has 1 aromatic heterocycles. The van der Waals surface area contributed by atoms with Gasteiger partial charge in [-0.2, -0.15) is 0 Å². The molecular formula is C12H16FN3O2. The van der Waals surface area contributed by atoms with Crippen LogP contribution in [0.4, 0.5) is 10.2 Å². The van der Waals surface area contributed by atoms with Gasteiger partial charge in [0.25, 0.3) is 0 Å². The number of nitrogens with zero attached hydrogens (tertiary/aromatic N) is 2. The largest absolute Gasteiger partial charge is 0.378 e. The van der Waals surface area contributed by atoms with E-state index in [1.54, 1.807) is 11.8 Å². The molecule has 5 nitrogen and oxygen atoms in total. The van der Waals surface area contributed by atoms with E-state index in [9.17, 15) is 9.18 Å². The van der Waals surface area contributed by atoms with Crippen molar-refractivity contribution in [2.45, 2.75) is 13.0 Å². The summed E-state index contributed by atoms with van der Waals surface area (Å²) in [4.78, 5) is 17.6. The first-order chi connectivity index (χ1) is 8.68. The number of aromatic nitrogens is 1. The van der Waals surface area contributed by atoms with Crippen LogP contribution in [-0.4, -0.2) is 48.1 Å². The lowest BCUT2D eigenvalue weighted by molar-refractivity contribution is -0.135. The summed E-state index contributed by atoms with van der Waals surface area (Å²) in [5.41, 5.74) is 0. The van der Waals surface area contributed by atoms with Crippen molar-refractivity contribution < 1.29 is 13.9 Å². The highest BCUT2D eigenvalue weighted by Crippen LogP contribution is 2.11. The number of rotatable bonds is 3. The maximum absolute atomic E-state index is 13.4. The average Bonchev–Trinajstić information content (AvgIpc) is 2.41. The van der Waals surface area contributed by atoms with Crippen molar-refractivity contribution in [1.82, 2.24) is 9.88 Å². The Labute approximate surface area is 105 Å². The molecule has 1 saturated heterocycles. The van der Waals surface area contributed by atoms with Crippen LogP contribution < -0.4 is 5.32 Å². The van der Waals surface area contributed by atoms with Gasteiger partial charge in [-0.3, -0.25) is 4.79 Å². The van der Waals surface area contributed by atoms with Crippen molar-refractivity contribution in [3.05, 3.63) is 24.1 Å². The number of hydrogen-bond acceptors (Lipinski definition) is 4. The molecule has 1 aliphatic heterocycles. The van der Waals surface area contributed by atoms with Crippen LogP contribution in [0.3, 0.4) is 0 Å². The number of amides is 1. The van der Waals surface area contributed by atoms with Crippen LogP contribution in [0.15, 0.2) is 18.3 Å². The maximum Gasteiger partial charge on any atom is 0.244 e. The van der Waals surface area contributed by atoms with Crippen LogP contribution in [0, 0.1) is 5.82 Å². The highest BCUT2D eigenvalue weighted by molar-refractivity contribution is 5.84. The molecule has 1 atom stereocenters. The number of carbonyl (C=O) groups excluding carboxylic acids is 1. The predicted molar refractivity (Wildman–Crippen MR) is 64.7 cm³/mol. The van der Waals surface area contributed by atoms with Gasteiger partial charge < -0.3 is 15.0 Å². The molecule has 18 heavy (non-hydrogen) atoms. The van der Waals surface area contributed by atoms with Crippen LogP contribution in [0.5, 0.6) is 0 Å². The Balaban J connectivity index is 1.96. The Morgan fingerprint density at radius 3 is 2.94 bits per heavy atom. The van der Waals surface area contributed by atoms with Crippen molar-refractivity contribution in [2.24, 2.45) is 0 Å². The molecule has 0 aromatic carbocycles. The number of hydrogen-bond donors (Lipinski definition) is 1. The SMILES string of the molecule is CC(Nc1ncccc1F)C(=O)N1CCOCC1. The number of carbonyl (C=O) groups is 1. The van der Waals surface area contributed by atoms with E-state index in [0.717, 1.165) is 0 Å². The Morgan fingerprint density at radius 2 is 2.28 bits per heavy atom. The normalized spacial score (nSPS) is 17.3. The molecule has 0 spiro atoms. The number of nitrogens with one attached hydrogen (secondary N) is 1. The first-order valence-electron chi connectivity index (χ1n) is 5.92. The predicted octanol–water partition coefficient (Wildman–Crippen LogP) is 0.880. The molecule has 1 amide bonds. The summed E-state index contributed by atoms with van der Waals surface area (Å²) in [6, 6.07) is 2.31. The molecule has 0 aliphatic carbocycles. The summed E-state index contributed by atoms with van der Waals surface area (Å²) in [5, 5.41) is 2.79. The summed E-state index contributed by atoms with van der Waals surface area (Å²) in [6.07, 6.45) is 1.48. The number of anilines is 1. The summed E-state index contributed by atoms with van der Waals surface area (Å²) >= 11 is 0. The van der Waals surface area contributed by atoms with E-state index in [4.69, 9.17) is 4.74 Å². The minimum Gasteiger partial charge on any atom is -0.378 e. The molecule has 1 fully saturated rings. The molecule has 1 aromatic rings. The van der Waals surface area contributed by atoms with Crippen LogP contribution in [-0.2, 0) is 9.53 Å². The number of halogens is 1. The van der Waals surface area contributed by atoms with Crippen LogP contribution in [0.25, 0.3) is 0 Å². The van der Waals surface area contributed by atoms with Crippen molar-refractivity contribution in [2.75, 3.05) is 31.6 Å². The Hall–Kier alpha value is -1.69. The van der Waals surface area contributed by atoms with Gasteiger partial charge >= 0.3 is 0 Å². The van der Waals surface area contributed by atoms with Crippen molar-refractivity contribution in [1.29, 1.82) is 0 Å². The van der Waals surface area contributed by atoms with E-state index in [0.29, 0.717) is 26.3 Å². The number of morpholine rings is 1. The Kier molecular flexibility index (Phi) is 4.09. The topological polar surface area (TPSA) is 54.5 Å². The molecule has 0 radical (unpaired) electrons. The van der Waals surface area contributed by atoms with Gasteiger partial charge in [0.15, 0.2) is 11.6 Å². The molecule has 2 heterocycles. The third kappa shape index (κ3) is 2.95. The zero-order valence-corrected chi connectivity index (χ0v) is 10.2. The Bertz CT molecular complexity index is 422. The van der Waals surface area contributed by atoms with Crippen molar-refractivity contribution in [3.63, 3.8) is 0 Å². The lowest BCUT2D eigenvalue weighted by Crippen LogP contribution is -2.47. The number of pyridine rings is 1. The van der Waals surface area contributed by atoms with E-state index in [2.05, 4.69) is 10.3 Å². The third-order valence-corrected chi connectivity index (χ3v) is 2.80. The summed E-state index contributed by atoms with van der Waals surface area (Å²) < 4.78 is 18.6. The highest BCUT2D eigenvalue weighted by atomic mass is 19.1. The quantitative estimate of drug-likeness (QED) is 0.869. The molecular weight excluding hydrogens is 237 g/mol. The fourth-order valence-electron chi connectivity index (χ4n) is 1.82. The minimum atomic E-state index is -0.507. The maximum atomic E-state index is 13.4. The second-order valence-corrected chi connectivity index (χ2v) is 4.14. The highest BCUT2D eigenvalue weighted by Gasteiger charge is 2.23. The van der Waals surface area contributed by atoms with Gasteiger partial charge in [-0.15, -0.1) is 0 Å². The zero-order valence-electron chi connectivity index (χ0n) is 10.2. The summed E-state index contributed by atoms with van der Waals surface area (Å²) in [7, 11) is 0. The van der Waals surface area contributed by atoms with E-state index in [1.165, 1.54) is 18.3 Å². The smallest absolute Gasteiger partial charge is 0.244 e. The van der Waals surface area contributed by atoms with Crippen LogP contribution in [0.2, 0.25) is 0 Å². The Morgan fingerprint density at radius 1 is 1.56 bits per heavy atom. The van der Waals surface area contributed by atoms with E-state index in [1.807, 2.05) is 0 Å². The molecule has 0 bridgehead atoms. The summed E-state index contributed by atoms with van der Waals surface area (Å²) in [6.45, 7) is 3.96. The van der Waals surface area contributed by atoms with E-state index < -0.39 is 11.9 Å². The lowest BCUT2D eigenvalue weighted by atomic mass is 10.2. The van der Waals surface area contributed by atoms with Gasteiger partial charge in [-0.05, 0) is 19.1 Å². The first kappa shape index (κ1) is 12.8. The molecule has 0 saturated carbocycles. The molecule has 98 valence electrons. The molecule has 1 N–H and O–H groups in total. The minimum absolute atomic E-state index is 0.0663. The van der Waals surface area contributed by atoms with Crippen molar-refractivity contribution in [3.8, 4) is 0 Å². The fraction of sp³-hybridized carbons (Fsp3) is 0.500. The summed E-state index contributed by atoms with van der Waals surface area (Å²) in [5.74, 6) is -0.422. The van der Waals surface area contributed by atoms with Crippen molar-refractivity contribution >= 4 is 11.7 Å². The fourth-order valence-corrected chi connectivity index (χ4v) is 1.82. The van der Waals surface area contributed by atoms with E-state index in [-0.39, 0.29) is 11.7 Å². The average molecular weight is 253 g/mol. The standard InChI is InChI=1S/C12H16FN3O2/c1-9(12(17)16-5-7-18-8-6-16)15-11-10(13)3-2-4-14-11/h2-4,9H,5-8H2,1H3,(H,14,15). The molecule has 1 aliphatic rings. The molecule has 6 heteroatoms. The van der Waals surface area contributed by atoms with Gasteiger partial charge in [0.1, 0.15) is 6.04 Å². The van der Waals surface area contributed by atoms with Gasteiger partial charge in [-0.1, -0.05) is 0 Å². The number of ether oxygens (including phenoxy) is 1. The zero-order chi connectivity index (χ0) is 13.0. The second kappa shape index (κ2) is 5.77. The van der Waals surface area contributed by atoms with Gasteiger partial charge in [-0.25, -0.2) is 9.37 Å². The third-order valence-electron chi connectivity index (χ3n) is 2.80. The van der Waals surface area contributed by atoms with Gasteiger partial charge in [0, 0.05) is 19.3 Å². The van der Waals surface area contributed by atoms with Gasteiger partial charge in [0.2, 0.25) is 5.91 Å². The van der Waals surface area contributed by atoms with Crippen LogP contribution >= 0.6 is 0 Å². The molecule has 2 rings (SSSR count). The van der Waals surface area contributed by atoms with Crippen LogP contribution in [0.1, 0.15) is 6.92 Å². The first-order valence-corrected chi connectivity index (χ1v) is 5.92. The lowest BCUT2D eigenvalue weighted by Gasteiger charge is -2.29. The monoisotopic (exact) mass is 253 g/mol. The molecule has 1 unspecified atom stereocenters. The van der Waals surface area contributed by atoms with Gasteiger partial charge in [0.05, 0.1) is 13.2 Å².